The fourth-order valence-corrected chi connectivity index (χ4v) is 4.59. The molecule has 0 radical (unpaired) electrons. The highest BCUT2D eigenvalue weighted by Crippen LogP contribution is 2.35. The molecule has 1 aliphatic carbocycles. The molecule has 1 aromatic carbocycles. The number of hydrogen-bond acceptors (Lipinski definition) is 2. The van der Waals surface area contributed by atoms with Crippen LogP contribution in [-0.2, 0) is 6.42 Å². The monoisotopic (exact) mass is 464 g/mol. The Kier molecular flexibility index (Phi) is 6.73. The van der Waals surface area contributed by atoms with Gasteiger partial charge in [-0.25, -0.2) is 0 Å². The summed E-state index contributed by atoms with van der Waals surface area (Å²) in [6.07, 6.45) is 8.47. The van der Waals surface area contributed by atoms with Gasteiger partial charge in [0.05, 0.1) is 5.52 Å². The Morgan fingerprint density at radius 2 is 1.88 bits per heavy atom. The lowest BCUT2D eigenvalue weighted by atomic mass is 9.82. The number of guanidine groups is 1. The summed E-state index contributed by atoms with van der Waals surface area (Å²) in [5, 5.41) is 4.80. The number of benzene rings is 1. The summed E-state index contributed by atoms with van der Waals surface area (Å²) in [7, 11) is 1.91. The lowest BCUT2D eigenvalue weighted by Crippen LogP contribution is -2.41. The molecule has 1 aromatic heterocycles. The van der Waals surface area contributed by atoms with Crippen LogP contribution in [0.5, 0.6) is 0 Å². The van der Waals surface area contributed by atoms with E-state index in [2.05, 4.69) is 44.5 Å². The number of nitrogens with one attached hydrogen (secondary N) is 1. The molecule has 0 spiro atoms. The zero-order valence-corrected chi connectivity index (χ0v) is 17.9. The number of rotatable bonds is 3. The standard InChI is InChI=1S/C21H28N4.HI/c1-22-21(25-14-18-6-2-3-7-19(18)15-25)24-13-11-17-9-4-8-16-10-5-12-23-20(16)17;/h4-5,8-10,12,18-19H,2-3,6-7,11,13-15H2,1H3,(H,22,24);1H. The number of likely N-dealkylation sites (tertiary alicyclic amines) is 1. The van der Waals surface area contributed by atoms with Gasteiger partial charge in [0.2, 0.25) is 0 Å². The van der Waals surface area contributed by atoms with Crippen molar-refractivity contribution in [3.63, 3.8) is 0 Å². The quantitative estimate of drug-likeness (QED) is 0.423. The van der Waals surface area contributed by atoms with Crippen molar-refractivity contribution in [3.05, 3.63) is 42.1 Å². The van der Waals surface area contributed by atoms with Crippen LogP contribution in [0.25, 0.3) is 10.9 Å². The van der Waals surface area contributed by atoms with Crippen LogP contribution < -0.4 is 5.32 Å². The summed E-state index contributed by atoms with van der Waals surface area (Å²) in [5.74, 6) is 2.84. The lowest BCUT2D eigenvalue weighted by molar-refractivity contribution is 0.299. The van der Waals surface area contributed by atoms with Crippen molar-refractivity contribution < 1.29 is 0 Å². The molecule has 2 heterocycles. The Balaban J connectivity index is 0.00000196. The Morgan fingerprint density at radius 3 is 2.62 bits per heavy atom. The molecule has 4 nitrogen and oxygen atoms in total. The number of pyridine rings is 1. The van der Waals surface area contributed by atoms with E-state index >= 15 is 0 Å². The molecule has 26 heavy (non-hydrogen) atoms. The van der Waals surface area contributed by atoms with E-state index in [4.69, 9.17) is 0 Å². The van der Waals surface area contributed by atoms with Crippen molar-refractivity contribution in [3.8, 4) is 0 Å². The highest BCUT2D eigenvalue weighted by Gasteiger charge is 2.35. The number of hydrogen-bond donors (Lipinski definition) is 1. The highest BCUT2D eigenvalue weighted by molar-refractivity contribution is 14.0. The van der Waals surface area contributed by atoms with E-state index in [1.807, 2.05) is 19.3 Å². The fourth-order valence-electron chi connectivity index (χ4n) is 4.59. The third kappa shape index (κ3) is 4.13. The zero-order chi connectivity index (χ0) is 17.1. The Labute approximate surface area is 173 Å². The summed E-state index contributed by atoms with van der Waals surface area (Å²) in [5.41, 5.74) is 2.42. The van der Waals surface area contributed by atoms with E-state index < -0.39 is 0 Å². The minimum absolute atomic E-state index is 0. The summed E-state index contributed by atoms with van der Waals surface area (Å²) < 4.78 is 0. The van der Waals surface area contributed by atoms with E-state index in [0.29, 0.717) is 0 Å². The fraction of sp³-hybridized carbons (Fsp3) is 0.524. The van der Waals surface area contributed by atoms with Crippen LogP contribution >= 0.6 is 24.0 Å². The molecule has 2 aliphatic rings. The number of aromatic nitrogens is 1. The second-order valence-electron chi connectivity index (χ2n) is 7.43. The van der Waals surface area contributed by atoms with Gasteiger partial charge in [0.25, 0.3) is 0 Å². The van der Waals surface area contributed by atoms with E-state index in [1.165, 1.54) is 49.7 Å². The molecule has 2 atom stereocenters. The third-order valence-electron chi connectivity index (χ3n) is 5.88. The summed E-state index contributed by atoms with van der Waals surface area (Å²) in [6, 6.07) is 10.6. The second kappa shape index (κ2) is 9.02. The van der Waals surface area contributed by atoms with Gasteiger partial charge >= 0.3 is 0 Å². The Bertz CT molecular complexity index is 741. The lowest BCUT2D eigenvalue weighted by Gasteiger charge is -2.22. The van der Waals surface area contributed by atoms with Gasteiger partial charge < -0.3 is 10.2 Å². The average Bonchev–Trinajstić information content (AvgIpc) is 3.09. The molecule has 0 bridgehead atoms. The molecule has 5 heteroatoms. The average molecular weight is 464 g/mol. The molecule has 1 saturated heterocycles. The molecule has 2 unspecified atom stereocenters. The van der Waals surface area contributed by atoms with Crippen LogP contribution in [0.15, 0.2) is 41.5 Å². The maximum atomic E-state index is 4.56. The van der Waals surface area contributed by atoms with Gasteiger partial charge in [-0.3, -0.25) is 9.98 Å². The maximum absolute atomic E-state index is 4.56. The minimum Gasteiger partial charge on any atom is -0.356 e. The van der Waals surface area contributed by atoms with Gasteiger partial charge in [-0.15, -0.1) is 24.0 Å². The van der Waals surface area contributed by atoms with E-state index in [1.54, 1.807) is 0 Å². The molecular formula is C21H29IN4. The number of fused-ring (bicyclic) bond motifs is 2. The smallest absolute Gasteiger partial charge is 0.193 e. The zero-order valence-electron chi connectivity index (χ0n) is 15.5. The van der Waals surface area contributed by atoms with Gasteiger partial charge in [0.15, 0.2) is 5.96 Å². The minimum atomic E-state index is 0. The highest BCUT2D eigenvalue weighted by atomic mass is 127. The number of aliphatic imine (C=N–C) groups is 1. The Hall–Kier alpha value is -1.37. The summed E-state index contributed by atoms with van der Waals surface area (Å²) in [4.78, 5) is 11.6. The molecule has 2 fully saturated rings. The van der Waals surface area contributed by atoms with Crippen LogP contribution in [0.4, 0.5) is 0 Å². The van der Waals surface area contributed by atoms with E-state index in [9.17, 15) is 0 Å². The first kappa shape index (κ1) is 19.4. The molecular weight excluding hydrogens is 435 g/mol. The van der Waals surface area contributed by atoms with Crippen molar-refractivity contribution in [1.82, 2.24) is 15.2 Å². The topological polar surface area (TPSA) is 40.5 Å². The van der Waals surface area contributed by atoms with Crippen LogP contribution in [0.3, 0.4) is 0 Å². The van der Waals surface area contributed by atoms with Crippen molar-refractivity contribution >= 4 is 40.8 Å². The van der Waals surface area contributed by atoms with Crippen LogP contribution in [0.1, 0.15) is 31.2 Å². The van der Waals surface area contributed by atoms with E-state index in [0.717, 1.165) is 36.3 Å². The van der Waals surface area contributed by atoms with Gasteiger partial charge in [-0.1, -0.05) is 37.1 Å². The molecule has 2 aromatic rings. The molecule has 140 valence electrons. The molecule has 1 N–H and O–H groups in total. The first-order valence-electron chi connectivity index (χ1n) is 9.63. The maximum Gasteiger partial charge on any atom is 0.193 e. The first-order valence-corrected chi connectivity index (χ1v) is 9.63. The third-order valence-corrected chi connectivity index (χ3v) is 5.88. The van der Waals surface area contributed by atoms with Gasteiger partial charge in [-0.2, -0.15) is 0 Å². The van der Waals surface area contributed by atoms with Crippen molar-refractivity contribution in [1.29, 1.82) is 0 Å². The van der Waals surface area contributed by atoms with Crippen molar-refractivity contribution in [2.45, 2.75) is 32.1 Å². The van der Waals surface area contributed by atoms with Crippen LogP contribution in [0.2, 0.25) is 0 Å². The van der Waals surface area contributed by atoms with Gasteiger partial charge in [-0.05, 0) is 42.7 Å². The van der Waals surface area contributed by atoms with Crippen LogP contribution in [-0.4, -0.2) is 42.5 Å². The first-order chi connectivity index (χ1) is 12.3. The van der Waals surface area contributed by atoms with E-state index in [-0.39, 0.29) is 24.0 Å². The van der Waals surface area contributed by atoms with Crippen molar-refractivity contribution in [2.75, 3.05) is 26.7 Å². The molecule has 1 aliphatic heterocycles. The van der Waals surface area contributed by atoms with Crippen molar-refractivity contribution in [2.24, 2.45) is 16.8 Å². The largest absolute Gasteiger partial charge is 0.356 e. The molecule has 1 saturated carbocycles. The number of nitrogens with zero attached hydrogens (tertiary/aromatic N) is 3. The molecule has 0 amide bonds. The number of para-hydroxylation sites is 1. The number of halogens is 1. The summed E-state index contributed by atoms with van der Waals surface area (Å²) >= 11 is 0. The van der Waals surface area contributed by atoms with Gasteiger partial charge in [0.1, 0.15) is 0 Å². The predicted molar refractivity (Wildman–Crippen MR) is 119 cm³/mol. The predicted octanol–water partition coefficient (Wildman–Crippen LogP) is 4.09. The Morgan fingerprint density at radius 1 is 1.15 bits per heavy atom. The second-order valence-corrected chi connectivity index (χ2v) is 7.43. The van der Waals surface area contributed by atoms with Crippen LogP contribution in [0, 0.1) is 11.8 Å². The van der Waals surface area contributed by atoms with Gasteiger partial charge in [0, 0.05) is 38.3 Å². The molecule has 4 rings (SSSR count). The SMILES string of the molecule is CN=C(NCCc1cccc2cccnc12)N1CC2CCCCC2C1.I. The summed E-state index contributed by atoms with van der Waals surface area (Å²) in [6.45, 7) is 3.26. The normalized spacial score (nSPS) is 22.8.